The molecule has 50 heavy (non-hydrogen) atoms. The SMILES string of the molecule is c1ccc(C2=NC(n3c4c(c5ccccc53)-c3ccccc3N(c3nccc5ccccc35)c3ccccc3-4)[NH2+]C(c3ccccc3)=N2)cc1. The largest absolute Gasteiger partial charge is 0.293 e. The number of nitrogens with two attached hydrogens (primary N) is 1. The van der Waals surface area contributed by atoms with Crippen molar-refractivity contribution in [3.8, 4) is 22.4 Å². The van der Waals surface area contributed by atoms with Crippen LogP contribution in [0.3, 0.4) is 0 Å². The monoisotopic (exact) mass is 643 g/mol. The van der Waals surface area contributed by atoms with Gasteiger partial charge in [0.2, 0.25) is 5.84 Å². The molecule has 1 atom stereocenters. The van der Waals surface area contributed by atoms with Crippen LogP contribution in [0.1, 0.15) is 17.4 Å². The maximum Gasteiger partial charge on any atom is 0.272 e. The number of anilines is 3. The molecule has 8 aromatic rings. The molecule has 2 N–H and O–H groups in total. The van der Waals surface area contributed by atoms with Crippen LogP contribution in [0, 0.1) is 0 Å². The summed E-state index contributed by atoms with van der Waals surface area (Å²) >= 11 is 0. The first-order chi connectivity index (χ1) is 24.8. The van der Waals surface area contributed by atoms with E-state index in [1.807, 2.05) is 30.5 Å². The first kappa shape index (κ1) is 28.4. The highest BCUT2D eigenvalue weighted by Gasteiger charge is 2.36. The number of hydrogen-bond acceptors (Lipinski definition) is 4. The zero-order valence-corrected chi connectivity index (χ0v) is 27.1. The average Bonchev–Trinajstić information content (AvgIpc) is 3.48. The van der Waals surface area contributed by atoms with Crippen molar-refractivity contribution >= 4 is 50.5 Å². The Balaban J connectivity index is 1.29. The van der Waals surface area contributed by atoms with Gasteiger partial charge in [0.25, 0.3) is 6.29 Å². The topological polar surface area (TPSA) is 62.4 Å². The molecule has 0 bridgehead atoms. The number of aliphatic imine (C=N–C) groups is 2. The van der Waals surface area contributed by atoms with Crippen molar-refractivity contribution in [1.82, 2.24) is 9.55 Å². The summed E-state index contributed by atoms with van der Waals surface area (Å²) in [5.74, 6) is 2.52. The minimum absolute atomic E-state index is 0.367. The van der Waals surface area contributed by atoms with E-state index in [1.54, 1.807) is 0 Å². The average molecular weight is 644 g/mol. The number of rotatable bonds is 4. The van der Waals surface area contributed by atoms with Crippen LogP contribution in [0.5, 0.6) is 0 Å². The summed E-state index contributed by atoms with van der Waals surface area (Å²) in [5, 5.41) is 5.63. The first-order valence-corrected chi connectivity index (χ1v) is 16.9. The molecule has 0 fully saturated rings. The van der Waals surface area contributed by atoms with Crippen LogP contribution < -0.4 is 10.2 Å². The molecule has 2 aliphatic heterocycles. The van der Waals surface area contributed by atoms with Gasteiger partial charge in [-0.1, -0.05) is 127 Å². The lowest BCUT2D eigenvalue weighted by molar-refractivity contribution is -0.604. The maximum atomic E-state index is 5.42. The number of benzene rings is 6. The molecular formula is C44H31N6+. The van der Waals surface area contributed by atoms with E-state index in [0.717, 1.165) is 67.3 Å². The molecule has 0 spiro atoms. The molecule has 0 saturated heterocycles. The van der Waals surface area contributed by atoms with Crippen molar-refractivity contribution in [2.75, 3.05) is 4.90 Å². The summed E-state index contributed by atoms with van der Waals surface area (Å²) in [5.41, 5.74) is 9.85. The van der Waals surface area contributed by atoms with Gasteiger partial charge in [-0.3, -0.25) is 14.8 Å². The Kier molecular flexibility index (Phi) is 6.54. The number of fused-ring (bicyclic) bond motifs is 8. The van der Waals surface area contributed by atoms with E-state index in [2.05, 4.69) is 154 Å². The molecule has 1 unspecified atom stereocenters. The highest BCUT2D eigenvalue weighted by molar-refractivity contribution is 6.14. The number of hydrogen-bond donors (Lipinski definition) is 1. The lowest BCUT2D eigenvalue weighted by atomic mass is 9.98. The van der Waals surface area contributed by atoms with Crippen molar-refractivity contribution < 1.29 is 5.32 Å². The third-order valence-corrected chi connectivity index (χ3v) is 9.74. The van der Waals surface area contributed by atoms with Crippen molar-refractivity contribution in [2.45, 2.75) is 6.29 Å². The van der Waals surface area contributed by atoms with Crippen LogP contribution >= 0.6 is 0 Å². The summed E-state index contributed by atoms with van der Waals surface area (Å²) in [7, 11) is 0. The number of amidine groups is 2. The summed E-state index contributed by atoms with van der Waals surface area (Å²) in [4.78, 5) is 17.9. The summed E-state index contributed by atoms with van der Waals surface area (Å²) in [6.45, 7) is 0. The minimum atomic E-state index is -0.367. The van der Waals surface area contributed by atoms with Gasteiger partial charge in [0.1, 0.15) is 5.82 Å². The smallest absolute Gasteiger partial charge is 0.272 e. The molecule has 6 aromatic carbocycles. The van der Waals surface area contributed by atoms with Crippen molar-refractivity contribution in [2.24, 2.45) is 9.98 Å². The zero-order valence-electron chi connectivity index (χ0n) is 27.1. The van der Waals surface area contributed by atoms with Gasteiger partial charge in [-0.2, -0.15) is 9.98 Å². The van der Waals surface area contributed by atoms with Crippen LogP contribution in [-0.2, 0) is 0 Å². The van der Waals surface area contributed by atoms with Crippen LogP contribution in [0.4, 0.5) is 17.2 Å². The second-order valence-corrected chi connectivity index (χ2v) is 12.6. The Morgan fingerprint density at radius 1 is 0.540 bits per heavy atom. The van der Waals surface area contributed by atoms with Crippen LogP contribution in [-0.4, -0.2) is 21.2 Å². The molecule has 0 saturated carbocycles. The zero-order chi connectivity index (χ0) is 33.0. The van der Waals surface area contributed by atoms with E-state index in [-0.39, 0.29) is 6.29 Å². The van der Waals surface area contributed by atoms with Gasteiger partial charge in [0, 0.05) is 39.2 Å². The Morgan fingerprint density at radius 3 is 1.96 bits per heavy atom. The first-order valence-electron chi connectivity index (χ1n) is 16.9. The molecule has 10 rings (SSSR count). The normalized spacial score (nSPS) is 15.1. The van der Waals surface area contributed by atoms with Crippen molar-refractivity contribution in [3.63, 3.8) is 0 Å². The van der Waals surface area contributed by atoms with Gasteiger partial charge in [-0.25, -0.2) is 4.98 Å². The van der Waals surface area contributed by atoms with E-state index in [4.69, 9.17) is 15.0 Å². The highest BCUT2D eigenvalue weighted by atomic mass is 15.3. The molecular weight excluding hydrogens is 613 g/mol. The Morgan fingerprint density at radius 2 is 1.16 bits per heavy atom. The van der Waals surface area contributed by atoms with Crippen LogP contribution in [0.2, 0.25) is 0 Å². The third kappa shape index (κ3) is 4.43. The number of aromatic nitrogens is 2. The van der Waals surface area contributed by atoms with E-state index in [0.29, 0.717) is 5.84 Å². The summed E-state index contributed by atoms with van der Waals surface area (Å²) in [6.07, 6.45) is 1.55. The van der Waals surface area contributed by atoms with E-state index in [1.165, 1.54) is 10.9 Å². The van der Waals surface area contributed by atoms with E-state index < -0.39 is 0 Å². The molecule has 2 aromatic heterocycles. The van der Waals surface area contributed by atoms with E-state index in [9.17, 15) is 0 Å². The fourth-order valence-electron chi connectivity index (χ4n) is 7.58. The molecule has 236 valence electrons. The van der Waals surface area contributed by atoms with Crippen molar-refractivity contribution in [1.29, 1.82) is 0 Å². The van der Waals surface area contributed by atoms with Gasteiger partial charge < -0.3 is 0 Å². The Labute approximate surface area is 289 Å². The van der Waals surface area contributed by atoms with E-state index >= 15 is 0 Å². The lowest BCUT2D eigenvalue weighted by Crippen LogP contribution is -2.91. The molecule has 6 heteroatoms. The predicted molar refractivity (Wildman–Crippen MR) is 203 cm³/mol. The second kappa shape index (κ2) is 11.5. The standard InChI is InChI=1S/C44H30N6/c1-3-16-30(17-4-1)41-46-42(31-18-5-2-6-19-31)48-44(47-41)50-37-25-13-10-22-34(37)39-33-21-9-12-24-36(33)49(38-26-14-11-23-35(38)40(39)50)43-32-20-8-7-15-29(32)27-28-45-43/h1-28,44H,(H,46,47,48)/p+1. The molecule has 0 amide bonds. The van der Waals surface area contributed by atoms with Gasteiger partial charge in [-0.15, -0.1) is 0 Å². The van der Waals surface area contributed by atoms with Crippen molar-refractivity contribution in [3.05, 3.63) is 181 Å². The lowest BCUT2D eigenvalue weighted by Gasteiger charge is -2.28. The van der Waals surface area contributed by atoms with Crippen LogP contribution in [0.25, 0.3) is 44.1 Å². The van der Waals surface area contributed by atoms with Gasteiger partial charge in [-0.05, 0) is 41.8 Å². The highest BCUT2D eigenvalue weighted by Crippen LogP contribution is 2.54. The van der Waals surface area contributed by atoms with Gasteiger partial charge in [0.05, 0.1) is 28.1 Å². The number of quaternary nitrogens is 1. The van der Waals surface area contributed by atoms with Gasteiger partial charge >= 0.3 is 0 Å². The molecule has 0 radical (unpaired) electrons. The molecule has 6 nitrogen and oxygen atoms in total. The number of para-hydroxylation sites is 3. The molecule has 4 heterocycles. The Bertz CT molecular complexity index is 2630. The fourth-order valence-corrected chi connectivity index (χ4v) is 7.58. The molecule has 2 aliphatic rings. The van der Waals surface area contributed by atoms with Crippen LogP contribution in [0.15, 0.2) is 180 Å². The van der Waals surface area contributed by atoms with Gasteiger partial charge in [0.15, 0.2) is 5.84 Å². The number of pyridine rings is 1. The summed E-state index contributed by atoms with van der Waals surface area (Å²) in [6, 6.07) is 57.4. The summed E-state index contributed by atoms with van der Waals surface area (Å²) < 4.78 is 2.42. The third-order valence-electron chi connectivity index (χ3n) is 9.74. The quantitative estimate of drug-likeness (QED) is 0.208. The molecule has 0 aliphatic carbocycles. The number of nitrogens with zero attached hydrogens (tertiary/aromatic N) is 5. The minimum Gasteiger partial charge on any atom is -0.293 e. The maximum absolute atomic E-state index is 5.42. The predicted octanol–water partition coefficient (Wildman–Crippen LogP) is 9.23. The second-order valence-electron chi connectivity index (χ2n) is 12.6. The fraction of sp³-hybridized carbons (Fsp3) is 0.0227. The Hall–Kier alpha value is -6.63.